The van der Waals surface area contributed by atoms with E-state index in [0.717, 1.165) is 12.0 Å². The SMILES string of the molecule is C=CCOc1cc(OC)ccc1[C@@H]1[C@@H](C(=O)O)[C@@H](c2ccc3c(c2)OCO3)CN1CC(=O)NCCC. The van der Waals surface area contributed by atoms with Gasteiger partial charge in [-0.25, -0.2) is 0 Å². The lowest BCUT2D eigenvalue weighted by atomic mass is 9.82. The molecule has 1 amide bonds. The Hall–Kier alpha value is -3.72. The highest BCUT2D eigenvalue weighted by atomic mass is 16.7. The number of carbonyl (C=O) groups is 2. The van der Waals surface area contributed by atoms with Crippen molar-refractivity contribution < 1.29 is 33.6 Å². The first-order chi connectivity index (χ1) is 17.5. The molecule has 2 aromatic rings. The van der Waals surface area contributed by atoms with E-state index in [1.807, 2.05) is 30.0 Å². The number of rotatable bonds is 11. The molecule has 0 saturated carbocycles. The predicted octanol–water partition coefficient (Wildman–Crippen LogP) is 3.36. The minimum absolute atomic E-state index is 0.0580. The van der Waals surface area contributed by atoms with Crippen molar-refractivity contribution >= 4 is 11.9 Å². The van der Waals surface area contributed by atoms with Crippen LogP contribution in [0, 0.1) is 5.92 Å². The van der Waals surface area contributed by atoms with E-state index in [9.17, 15) is 14.7 Å². The van der Waals surface area contributed by atoms with Crippen LogP contribution in [0.1, 0.15) is 36.4 Å². The summed E-state index contributed by atoms with van der Waals surface area (Å²) in [7, 11) is 1.56. The van der Waals surface area contributed by atoms with Crippen LogP contribution in [0.2, 0.25) is 0 Å². The molecule has 4 rings (SSSR count). The Morgan fingerprint density at radius 1 is 1.22 bits per heavy atom. The summed E-state index contributed by atoms with van der Waals surface area (Å²) in [5.74, 6) is -0.0424. The zero-order valence-corrected chi connectivity index (χ0v) is 20.6. The molecule has 3 atom stereocenters. The molecule has 2 N–H and O–H groups in total. The van der Waals surface area contributed by atoms with Gasteiger partial charge in [-0.1, -0.05) is 31.7 Å². The Bertz CT molecular complexity index is 1120. The summed E-state index contributed by atoms with van der Waals surface area (Å²) in [5, 5.41) is 13.4. The largest absolute Gasteiger partial charge is 0.497 e. The highest BCUT2D eigenvalue weighted by Crippen LogP contribution is 2.49. The number of hydrogen-bond donors (Lipinski definition) is 2. The average molecular weight is 497 g/mol. The number of nitrogens with one attached hydrogen (secondary N) is 1. The van der Waals surface area contributed by atoms with Crippen LogP contribution in [0.25, 0.3) is 0 Å². The Labute approximate surface area is 210 Å². The van der Waals surface area contributed by atoms with E-state index >= 15 is 0 Å². The molecule has 9 heteroatoms. The third kappa shape index (κ3) is 5.26. The maximum absolute atomic E-state index is 12.8. The average Bonchev–Trinajstić information content (AvgIpc) is 3.50. The number of aliphatic carboxylic acids is 1. The van der Waals surface area contributed by atoms with Crippen LogP contribution in [-0.2, 0) is 9.59 Å². The molecule has 0 aromatic heterocycles. The van der Waals surface area contributed by atoms with Crippen molar-refractivity contribution in [2.24, 2.45) is 5.92 Å². The summed E-state index contributed by atoms with van der Waals surface area (Å²) in [5.41, 5.74) is 1.49. The molecule has 0 unspecified atom stereocenters. The molecule has 36 heavy (non-hydrogen) atoms. The number of benzene rings is 2. The molecule has 0 aliphatic carbocycles. The second-order valence-electron chi connectivity index (χ2n) is 8.81. The van der Waals surface area contributed by atoms with E-state index in [4.69, 9.17) is 18.9 Å². The van der Waals surface area contributed by atoms with Crippen LogP contribution in [-0.4, -0.2) is 62.0 Å². The molecule has 192 valence electrons. The monoisotopic (exact) mass is 496 g/mol. The molecule has 1 fully saturated rings. The summed E-state index contributed by atoms with van der Waals surface area (Å²) >= 11 is 0. The van der Waals surface area contributed by atoms with Gasteiger partial charge < -0.3 is 29.4 Å². The Balaban J connectivity index is 1.77. The van der Waals surface area contributed by atoms with Gasteiger partial charge in [0.2, 0.25) is 12.7 Å². The molecule has 0 radical (unpaired) electrons. The van der Waals surface area contributed by atoms with Gasteiger partial charge >= 0.3 is 5.97 Å². The fraction of sp³-hybridized carbons (Fsp3) is 0.407. The van der Waals surface area contributed by atoms with Gasteiger partial charge in [0.05, 0.1) is 25.6 Å². The molecule has 0 spiro atoms. The highest BCUT2D eigenvalue weighted by Gasteiger charge is 2.49. The summed E-state index contributed by atoms with van der Waals surface area (Å²) < 4.78 is 22.3. The number of hydrogen-bond acceptors (Lipinski definition) is 7. The molecule has 1 saturated heterocycles. The van der Waals surface area contributed by atoms with Gasteiger partial charge in [-0.05, 0) is 30.2 Å². The van der Waals surface area contributed by atoms with Crippen molar-refractivity contribution in [3.05, 3.63) is 60.2 Å². The van der Waals surface area contributed by atoms with Gasteiger partial charge in [0.15, 0.2) is 11.5 Å². The van der Waals surface area contributed by atoms with Crippen LogP contribution in [0.5, 0.6) is 23.0 Å². The van der Waals surface area contributed by atoms with Gasteiger partial charge in [-0.3, -0.25) is 14.5 Å². The van der Waals surface area contributed by atoms with Crippen molar-refractivity contribution in [3.63, 3.8) is 0 Å². The zero-order valence-electron chi connectivity index (χ0n) is 20.6. The van der Waals surface area contributed by atoms with Crippen molar-refractivity contribution in [1.29, 1.82) is 0 Å². The Morgan fingerprint density at radius 3 is 2.75 bits per heavy atom. The molecule has 9 nitrogen and oxygen atoms in total. The van der Waals surface area contributed by atoms with E-state index in [1.54, 1.807) is 31.4 Å². The van der Waals surface area contributed by atoms with Crippen LogP contribution in [0.4, 0.5) is 0 Å². The van der Waals surface area contributed by atoms with Crippen LogP contribution in [0.3, 0.4) is 0 Å². The number of ether oxygens (including phenoxy) is 4. The number of likely N-dealkylation sites (tertiary alicyclic amines) is 1. The lowest BCUT2D eigenvalue weighted by Gasteiger charge is -2.28. The molecular weight excluding hydrogens is 464 g/mol. The highest BCUT2D eigenvalue weighted by molar-refractivity contribution is 5.79. The van der Waals surface area contributed by atoms with Crippen molar-refractivity contribution in [2.45, 2.75) is 25.3 Å². The Kier molecular flexibility index (Phi) is 8.00. The first kappa shape index (κ1) is 25.4. The number of amides is 1. The van der Waals surface area contributed by atoms with Gasteiger partial charge in [-0.2, -0.15) is 0 Å². The molecule has 2 aliphatic rings. The fourth-order valence-corrected chi connectivity index (χ4v) is 4.91. The van der Waals surface area contributed by atoms with Crippen molar-refractivity contribution in [1.82, 2.24) is 10.2 Å². The lowest BCUT2D eigenvalue weighted by Crippen LogP contribution is -2.38. The smallest absolute Gasteiger partial charge is 0.309 e. The van der Waals surface area contributed by atoms with Gasteiger partial charge in [0.25, 0.3) is 0 Å². The number of fused-ring (bicyclic) bond motifs is 1. The zero-order chi connectivity index (χ0) is 25.7. The Morgan fingerprint density at radius 2 is 2.03 bits per heavy atom. The quantitative estimate of drug-likeness (QED) is 0.456. The number of carboxylic acids is 1. The normalized spacial score (nSPS) is 20.7. The van der Waals surface area contributed by atoms with E-state index in [1.165, 1.54) is 0 Å². The number of carbonyl (C=O) groups excluding carboxylic acids is 1. The fourth-order valence-electron chi connectivity index (χ4n) is 4.91. The van der Waals surface area contributed by atoms with Gasteiger partial charge in [-0.15, -0.1) is 0 Å². The summed E-state index contributed by atoms with van der Waals surface area (Å²) in [6.07, 6.45) is 2.43. The second-order valence-corrected chi connectivity index (χ2v) is 8.81. The summed E-state index contributed by atoms with van der Waals surface area (Å²) in [4.78, 5) is 27.5. The number of carboxylic acid groups (broad SMARTS) is 1. The second kappa shape index (κ2) is 11.3. The summed E-state index contributed by atoms with van der Waals surface area (Å²) in [6.45, 7) is 7.06. The predicted molar refractivity (Wildman–Crippen MR) is 133 cm³/mol. The molecule has 0 bridgehead atoms. The molecule has 2 heterocycles. The first-order valence-corrected chi connectivity index (χ1v) is 12.0. The number of methoxy groups -OCH3 is 1. The van der Waals surface area contributed by atoms with E-state index < -0.39 is 23.8 Å². The molecule has 2 aromatic carbocycles. The summed E-state index contributed by atoms with van der Waals surface area (Å²) in [6, 6.07) is 10.2. The van der Waals surface area contributed by atoms with Crippen LogP contribution < -0.4 is 24.3 Å². The third-order valence-corrected chi connectivity index (χ3v) is 6.52. The maximum atomic E-state index is 12.8. The topological polar surface area (TPSA) is 107 Å². The van der Waals surface area contributed by atoms with Gasteiger partial charge in [0.1, 0.15) is 18.1 Å². The minimum atomic E-state index is -0.954. The van der Waals surface area contributed by atoms with Gasteiger partial charge in [0, 0.05) is 30.6 Å². The van der Waals surface area contributed by atoms with E-state index in [2.05, 4.69) is 11.9 Å². The third-order valence-electron chi connectivity index (χ3n) is 6.52. The van der Waals surface area contributed by atoms with E-state index in [0.29, 0.717) is 41.7 Å². The van der Waals surface area contributed by atoms with Crippen molar-refractivity contribution in [3.8, 4) is 23.0 Å². The minimum Gasteiger partial charge on any atom is -0.497 e. The lowest BCUT2D eigenvalue weighted by molar-refractivity contribution is -0.143. The van der Waals surface area contributed by atoms with E-state index in [-0.39, 0.29) is 25.9 Å². The molecular formula is C27H32N2O7. The first-order valence-electron chi connectivity index (χ1n) is 12.0. The number of nitrogens with zero attached hydrogens (tertiary/aromatic N) is 1. The standard InChI is InChI=1S/C27H32N2O7/c1-4-10-28-24(30)15-29-14-20(17-6-9-21-23(12-17)36-16-35-21)25(27(31)32)26(29)19-8-7-18(33-3)13-22(19)34-11-5-2/h5-9,12-13,20,25-26H,2,4,10-11,14-16H2,1,3H3,(H,28,30)(H,31,32)/t20-,25+,26-/m1/s1. The molecule has 2 aliphatic heterocycles. The van der Waals surface area contributed by atoms with Crippen LogP contribution in [0.15, 0.2) is 49.1 Å². The maximum Gasteiger partial charge on any atom is 0.309 e. The van der Waals surface area contributed by atoms with Crippen molar-refractivity contribution in [2.75, 3.05) is 40.1 Å². The van der Waals surface area contributed by atoms with Crippen LogP contribution >= 0.6 is 0 Å².